The van der Waals surface area contributed by atoms with E-state index in [-0.39, 0.29) is 11.7 Å². The highest BCUT2D eigenvalue weighted by Crippen LogP contribution is 2.13. The Bertz CT molecular complexity index is 322. The summed E-state index contributed by atoms with van der Waals surface area (Å²) in [6.45, 7) is 0. The van der Waals surface area contributed by atoms with Crippen LogP contribution in [-0.4, -0.2) is 23.0 Å². The first-order valence-electron chi connectivity index (χ1n) is 4.03. The van der Waals surface area contributed by atoms with Crippen LogP contribution in [0.5, 0.6) is 0 Å². The minimum absolute atomic E-state index is 0.256. The van der Waals surface area contributed by atoms with E-state index < -0.39 is 0 Å². The fourth-order valence-electron chi connectivity index (χ4n) is 0.841. The second kappa shape index (κ2) is 5.78. The zero-order valence-electron chi connectivity index (χ0n) is 7.73. The molecule has 0 saturated carbocycles. The maximum Gasteiger partial charge on any atom is 0.316 e. The van der Waals surface area contributed by atoms with Crippen LogP contribution in [0.15, 0.2) is 30.3 Å². The topological polar surface area (TPSA) is 26.3 Å². The van der Waals surface area contributed by atoms with Gasteiger partial charge in [-0.2, -0.15) is 0 Å². The summed E-state index contributed by atoms with van der Waals surface area (Å²) in [7, 11) is 1.37. The number of esters is 1. The van der Waals surface area contributed by atoms with Crippen molar-refractivity contribution in [2.75, 3.05) is 12.9 Å². The second-order valence-corrected chi connectivity index (χ2v) is 4.17. The highest BCUT2D eigenvalue weighted by Gasteiger charge is 2.05. The number of carbonyl (C=O) groups excluding carboxylic acids is 1. The molecule has 0 unspecified atom stereocenters. The van der Waals surface area contributed by atoms with Crippen molar-refractivity contribution in [1.82, 2.24) is 0 Å². The molecule has 0 aliphatic carbocycles. The van der Waals surface area contributed by atoms with Gasteiger partial charge in [0.2, 0.25) is 0 Å². The molecule has 0 aromatic heterocycles. The van der Waals surface area contributed by atoms with E-state index in [9.17, 15) is 4.79 Å². The predicted molar refractivity (Wildman–Crippen MR) is 62.6 cm³/mol. The van der Waals surface area contributed by atoms with Crippen LogP contribution in [0.25, 0.3) is 0 Å². The lowest BCUT2D eigenvalue weighted by Gasteiger charge is -2.01. The fraction of sp³-hybridized carbons (Fsp3) is 0.200. The fourth-order valence-corrected chi connectivity index (χ4v) is 1.82. The molecule has 0 spiro atoms. The molecule has 1 aromatic carbocycles. The van der Waals surface area contributed by atoms with Crippen LogP contribution in [0.4, 0.5) is 0 Å². The summed E-state index contributed by atoms with van der Waals surface area (Å²) in [5, 5.41) is 0. The van der Waals surface area contributed by atoms with Gasteiger partial charge >= 0.3 is 5.97 Å². The van der Waals surface area contributed by atoms with Crippen molar-refractivity contribution in [1.29, 1.82) is 0 Å². The van der Waals surface area contributed by atoms with Crippen LogP contribution in [-0.2, 0) is 9.53 Å². The van der Waals surface area contributed by atoms with Crippen LogP contribution < -0.4 is 0 Å². The van der Waals surface area contributed by atoms with Crippen molar-refractivity contribution in [3.8, 4) is 0 Å². The summed E-state index contributed by atoms with van der Waals surface area (Å²) >= 11 is 6.46. The maximum atomic E-state index is 10.8. The minimum Gasteiger partial charge on any atom is -0.468 e. The summed E-state index contributed by atoms with van der Waals surface area (Å²) in [6.07, 6.45) is 0. The van der Waals surface area contributed by atoms with Gasteiger partial charge < -0.3 is 4.74 Å². The summed E-state index contributed by atoms with van der Waals surface area (Å²) in [4.78, 5) is 10.8. The Morgan fingerprint density at radius 1 is 1.43 bits per heavy atom. The number of hydrogen-bond donors (Lipinski definition) is 0. The number of hydrogen-bond acceptors (Lipinski definition) is 4. The third kappa shape index (κ3) is 3.47. The molecule has 74 valence electrons. The normalized spacial score (nSPS) is 9.50. The lowest BCUT2D eigenvalue weighted by Crippen LogP contribution is -2.05. The number of rotatable bonds is 3. The van der Waals surface area contributed by atoms with Crippen molar-refractivity contribution >= 4 is 34.1 Å². The van der Waals surface area contributed by atoms with Gasteiger partial charge in [0.25, 0.3) is 0 Å². The number of methoxy groups -OCH3 is 1. The number of thioether (sulfide) groups is 1. The molecule has 0 aliphatic rings. The third-order valence-corrected chi connectivity index (χ3v) is 3.03. The van der Waals surface area contributed by atoms with Gasteiger partial charge in [0, 0.05) is 0 Å². The Kier molecular flexibility index (Phi) is 4.62. The Hall–Kier alpha value is -0.870. The monoisotopic (exact) mass is 226 g/mol. The van der Waals surface area contributed by atoms with Gasteiger partial charge in [-0.25, -0.2) is 0 Å². The molecule has 1 rings (SSSR count). The molecule has 1 aromatic rings. The Morgan fingerprint density at radius 3 is 2.64 bits per heavy atom. The van der Waals surface area contributed by atoms with E-state index in [1.54, 1.807) is 0 Å². The molecule has 4 heteroatoms. The van der Waals surface area contributed by atoms with Crippen molar-refractivity contribution in [3.05, 3.63) is 35.9 Å². The van der Waals surface area contributed by atoms with Crippen LogP contribution in [0.2, 0.25) is 0 Å². The van der Waals surface area contributed by atoms with Crippen LogP contribution in [0.1, 0.15) is 5.56 Å². The predicted octanol–water partition coefficient (Wildman–Crippen LogP) is 2.27. The average Bonchev–Trinajstić information content (AvgIpc) is 2.26. The molecular weight excluding hydrogens is 216 g/mol. The lowest BCUT2D eigenvalue weighted by molar-refractivity contribution is -0.137. The molecule has 0 amide bonds. The van der Waals surface area contributed by atoms with Gasteiger partial charge in [0.15, 0.2) is 0 Å². The van der Waals surface area contributed by atoms with E-state index in [1.807, 2.05) is 30.3 Å². The van der Waals surface area contributed by atoms with Gasteiger partial charge in [0.1, 0.15) is 0 Å². The number of thiocarbonyl (C=S) groups is 1. The third-order valence-electron chi connectivity index (χ3n) is 1.56. The summed E-state index contributed by atoms with van der Waals surface area (Å²) in [6, 6.07) is 9.61. The highest BCUT2D eigenvalue weighted by molar-refractivity contribution is 8.24. The largest absolute Gasteiger partial charge is 0.468 e. The molecule has 0 heterocycles. The molecule has 0 atom stereocenters. The van der Waals surface area contributed by atoms with Crippen molar-refractivity contribution < 1.29 is 9.53 Å². The number of carbonyl (C=O) groups is 1. The van der Waals surface area contributed by atoms with Gasteiger partial charge in [-0.05, 0) is 5.56 Å². The van der Waals surface area contributed by atoms with E-state index in [4.69, 9.17) is 12.2 Å². The quantitative estimate of drug-likeness (QED) is 0.583. The van der Waals surface area contributed by atoms with Crippen molar-refractivity contribution in [3.63, 3.8) is 0 Å². The van der Waals surface area contributed by atoms with E-state index in [1.165, 1.54) is 18.9 Å². The van der Waals surface area contributed by atoms with Gasteiger partial charge in [-0.3, -0.25) is 4.79 Å². The second-order valence-electron chi connectivity index (χ2n) is 2.52. The summed E-state index contributed by atoms with van der Waals surface area (Å²) in [5.41, 5.74) is 0.969. The van der Waals surface area contributed by atoms with Crippen LogP contribution in [0, 0.1) is 0 Å². The highest BCUT2D eigenvalue weighted by atomic mass is 32.2. The SMILES string of the molecule is COC(=O)CSC(=S)c1ccccc1. The Morgan fingerprint density at radius 2 is 2.07 bits per heavy atom. The first-order chi connectivity index (χ1) is 6.74. The molecule has 14 heavy (non-hydrogen) atoms. The molecular formula is C10H10O2S2. The lowest BCUT2D eigenvalue weighted by atomic mass is 10.2. The van der Waals surface area contributed by atoms with E-state index in [0.717, 1.165) is 9.76 Å². The zero-order chi connectivity index (χ0) is 10.4. The molecule has 0 fully saturated rings. The molecule has 0 N–H and O–H groups in total. The smallest absolute Gasteiger partial charge is 0.316 e. The van der Waals surface area contributed by atoms with E-state index >= 15 is 0 Å². The van der Waals surface area contributed by atoms with Crippen LogP contribution in [0.3, 0.4) is 0 Å². The van der Waals surface area contributed by atoms with Crippen molar-refractivity contribution in [2.45, 2.75) is 0 Å². The Labute approximate surface area is 92.6 Å². The number of benzene rings is 1. The standard InChI is InChI=1S/C10H10O2S2/c1-12-9(11)7-14-10(13)8-5-3-2-4-6-8/h2-6H,7H2,1H3. The average molecular weight is 226 g/mol. The van der Waals surface area contributed by atoms with Gasteiger partial charge in [-0.1, -0.05) is 42.5 Å². The minimum atomic E-state index is -0.256. The van der Waals surface area contributed by atoms with E-state index in [0.29, 0.717) is 0 Å². The van der Waals surface area contributed by atoms with Crippen molar-refractivity contribution in [2.24, 2.45) is 0 Å². The van der Waals surface area contributed by atoms with Crippen LogP contribution >= 0.6 is 24.0 Å². The van der Waals surface area contributed by atoms with E-state index in [2.05, 4.69) is 4.74 Å². The number of ether oxygens (including phenoxy) is 1. The molecule has 0 aliphatic heterocycles. The molecule has 0 saturated heterocycles. The van der Waals surface area contributed by atoms with Gasteiger partial charge in [0.05, 0.1) is 17.1 Å². The first-order valence-corrected chi connectivity index (χ1v) is 5.42. The Balaban J connectivity index is 2.48. The van der Waals surface area contributed by atoms with Gasteiger partial charge in [-0.15, -0.1) is 11.8 Å². The molecule has 0 radical (unpaired) electrons. The maximum absolute atomic E-state index is 10.8. The first kappa shape index (κ1) is 11.2. The molecule has 2 nitrogen and oxygen atoms in total. The zero-order valence-corrected chi connectivity index (χ0v) is 9.36. The molecule has 0 bridgehead atoms. The summed E-state index contributed by atoms with van der Waals surface area (Å²) < 4.78 is 5.24. The summed E-state index contributed by atoms with van der Waals surface area (Å²) in [5.74, 6) is 0.0119.